The zero-order valence-electron chi connectivity index (χ0n) is 15.5. The lowest BCUT2D eigenvalue weighted by atomic mass is 10.2. The number of nitrogens with one attached hydrogen (secondary N) is 1. The van der Waals surface area contributed by atoms with Crippen molar-refractivity contribution in [2.45, 2.75) is 13.0 Å². The predicted molar refractivity (Wildman–Crippen MR) is 112 cm³/mol. The van der Waals surface area contributed by atoms with Gasteiger partial charge in [-0.3, -0.25) is 4.79 Å². The Hall–Kier alpha value is -3.53. The van der Waals surface area contributed by atoms with Crippen molar-refractivity contribution in [1.29, 1.82) is 0 Å². The van der Waals surface area contributed by atoms with Gasteiger partial charge < -0.3 is 14.6 Å². The second-order valence-corrected chi connectivity index (χ2v) is 6.59. The summed E-state index contributed by atoms with van der Waals surface area (Å²) in [4.78, 5) is 12.6. The zero-order valence-corrected chi connectivity index (χ0v) is 15.5. The molecule has 1 aromatic heterocycles. The molecule has 1 N–H and O–H groups in total. The number of para-hydroxylation sites is 3. The van der Waals surface area contributed by atoms with Crippen LogP contribution in [0.3, 0.4) is 0 Å². The fraction of sp³-hybridized carbons (Fsp3) is 0.125. The number of aromatic nitrogens is 1. The Kier molecular flexibility index (Phi) is 5.38. The number of aryl methyl sites for hydroxylation is 1. The summed E-state index contributed by atoms with van der Waals surface area (Å²) in [6.07, 6.45) is 2.95. The Labute approximate surface area is 164 Å². The first-order chi connectivity index (χ1) is 13.8. The van der Waals surface area contributed by atoms with Crippen LogP contribution in [0.1, 0.15) is 16.8 Å². The van der Waals surface area contributed by atoms with Gasteiger partial charge in [-0.1, -0.05) is 48.5 Å². The van der Waals surface area contributed by atoms with E-state index in [1.807, 2.05) is 60.7 Å². The maximum absolute atomic E-state index is 12.6. The van der Waals surface area contributed by atoms with Gasteiger partial charge in [0.1, 0.15) is 11.5 Å². The normalized spacial score (nSPS) is 10.7. The molecule has 0 bridgehead atoms. The van der Waals surface area contributed by atoms with Crippen LogP contribution in [-0.4, -0.2) is 17.0 Å². The van der Waals surface area contributed by atoms with Crippen molar-refractivity contribution in [3.8, 4) is 11.5 Å². The number of rotatable bonds is 7. The largest absolute Gasteiger partial charge is 0.457 e. The molecular formula is C24H22N2O2. The molecule has 4 rings (SSSR count). The number of hydrogen-bond acceptors (Lipinski definition) is 2. The molecule has 4 aromatic rings. The molecular weight excluding hydrogens is 348 g/mol. The summed E-state index contributed by atoms with van der Waals surface area (Å²) in [5.41, 5.74) is 1.76. The molecule has 0 saturated carbocycles. The second-order valence-electron chi connectivity index (χ2n) is 6.59. The van der Waals surface area contributed by atoms with Gasteiger partial charge in [0.15, 0.2) is 0 Å². The molecule has 0 saturated heterocycles. The second kappa shape index (κ2) is 8.44. The third-order valence-electron chi connectivity index (χ3n) is 4.64. The average molecular weight is 370 g/mol. The van der Waals surface area contributed by atoms with Gasteiger partial charge in [0.2, 0.25) is 0 Å². The number of ether oxygens (including phenoxy) is 1. The molecule has 1 heterocycles. The van der Waals surface area contributed by atoms with E-state index in [1.165, 1.54) is 10.9 Å². The minimum Gasteiger partial charge on any atom is -0.457 e. The Morgan fingerprint density at radius 1 is 0.857 bits per heavy atom. The van der Waals surface area contributed by atoms with Gasteiger partial charge in [0, 0.05) is 24.8 Å². The molecule has 1 amide bonds. The van der Waals surface area contributed by atoms with E-state index in [-0.39, 0.29) is 5.91 Å². The summed E-state index contributed by atoms with van der Waals surface area (Å²) >= 11 is 0. The number of carbonyl (C=O) groups excluding carboxylic acids is 1. The van der Waals surface area contributed by atoms with Crippen LogP contribution in [0.15, 0.2) is 91.1 Å². The number of fused-ring (bicyclic) bond motifs is 1. The van der Waals surface area contributed by atoms with Gasteiger partial charge in [0.25, 0.3) is 5.91 Å². The molecule has 0 spiro atoms. The first kappa shape index (κ1) is 17.9. The van der Waals surface area contributed by atoms with Crippen LogP contribution >= 0.6 is 0 Å². The molecule has 0 atom stereocenters. The lowest BCUT2D eigenvalue weighted by molar-refractivity contribution is 0.0950. The van der Waals surface area contributed by atoms with Gasteiger partial charge in [-0.2, -0.15) is 0 Å². The number of carbonyl (C=O) groups is 1. The van der Waals surface area contributed by atoms with Gasteiger partial charge in [0.05, 0.1) is 5.56 Å². The van der Waals surface area contributed by atoms with Crippen LogP contribution in [0.2, 0.25) is 0 Å². The van der Waals surface area contributed by atoms with Crippen LogP contribution in [0, 0.1) is 0 Å². The lowest BCUT2D eigenvalue weighted by Crippen LogP contribution is -2.25. The maximum atomic E-state index is 12.6. The highest BCUT2D eigenvalue weighted by molar-refractivity contribution is 5.97. The molecule has 0 fully saturated rings. The van der Waals surface area contributed by atoms with E-state index < -0.39 is 0 Å². The quantitative estimate of drug-likeness (QED) is 0.451. The van der Waals surface area contributed by atoms with E-state index in [9.17, 15) is 4.79 Å². The van der Waals surface area contributed by atoms with Gasteiger partial charge >= 0.3 is 0 Å². The summed E-state index contributed by atoms with van der Waals surface area (Å²) in [5.74, 6) is 1.15. The molecule has 0 unspecified atom stereocenters. The van der Waals surface area contributed by atoms with Crippen LogP contribution in [0.4, 0.5) is 0 Å². The molecule has 0 radical (unpaired) electrons. The first-order valence-electron chi connectivity index (χ1n) is 9.45. The Bertz CT molecular complexity index is 1070. The zero-order chi connectivity index (χ0) is 19.2. The molecule has 4 heteroatoms. The minimum atomic E-state index is -0.121. The third kappa shape index (κ3) is 4.07. The monoisotopic (exact) mass is 370 g/mol. The van der Waals surface area contributed by atoms with Gasteiger partial charge in [-0.05, 0) is 48.2 Å². The van der Waals surface area contributed by atoms with Crippen molar-refractivity contribution in [3.63, 3.8) is 0 Å². The highest BCUT2D eigenvalue weighted by Gasteiger charge is 2.12. The molecule has 140 valence electrons. The third-order valence-corrected chi connectivity index (χ3v) is 4.64. The van der Waals surface area contributed by atoms with E-state index in [2.05, 4.69) is 34.3 Å². The highest BCUT2D eigenvalue weighted by Crippen LogP contribution is 2.25. The van der Waals surface area contributed by atoms with E-state index in [0.717, 1.165) is 13.0 Å². The van der Waals surface area contributed by atoms with Crippen molar-refractivity contribution in [2.24, 2.45) is 0 Å². The number of nitrogens with zero attached hydrogens (tertiary/aromatic N) is 1. The number of hydrogen-bond donors (Lipinski definition) is 1. The SMILES string of the molecule is O=C(NCCCn1ccc2ccccc21)c1ccccc1Oc1ccccc1. The fourth-order valence-electron chi connectivity index (χ4n) is 3.24. The fourth-order valence-corrected chi connectivity index (χ4v) is 3.24. The highest BCUT2D eigenvalue weighted by atomic mass is 16.5. The Balaban J connectivity index is 1.35. The van der Waals surface area contributed by atoms with Crippen LogP contribution in [-0.2, 0) is 6.54 Å². The van der Waals surface area contributed by atoms with Crippen LogP contribution in [0.25, 0.3) is 10.9 Å². The van der Waals surface area contributed by atoms with Gasteiger partial charge in [-0.15, -0.1) is 0 Å². The molecule has 0 aliphatic carbocycles. The van der Waals surface area contributed by atoms with Crippen molar-refractivity contribution < 1.29 is 9.53 Å². The summed E-state index contributed by atoms with van der Waals surface area (Å²) in [6, 6.07) is 27.2. The molecule has 4 nitrogen and oxygen atoms in total. The Morgan fingerprint density at radius 3 is 2.50 bits per heavy atom. The maximum Gasteiger partial charge on any atom is 0.255 e. The topological polar surface area (TPSA) is 43.3 Å². The molecule has 0 aliphatic rings. The molecule has 28 heavy (non-hydrogen) atoms. The Morgan fingerprint density at radius 2 is 1.61 bits per heavy atom. The summed E-state index contributed by atoms with van der Waals surface area (Å²) in [7, 11) is 0. The minimum absolute atomic E-state index is 0.121. The van der Waals surface area contributed by atoms with E-state index >= 15 is 0 Å². The smallest absolute Gasteiger partial charge is 0.255 e. The van der Waals surface area contributed by atoms with E-state index in [1.54, 1.807) is 6.07 Å². The molecule has 0 aliphatic heterocycles. The predicted octanol–water partition coefficient (Wildman–Crippen LogP) is 5.25. The standard InChI is InChI=1S/C24H22N2O2/c27-24(21-12-5-7-14-23(21)28-20-10-2-1-3-11-20)25-16-8-17-26-18-15-19-9-4-6-13-22(19)26/h1-7,9-15,18H,8,16-17H2,(H,25,27). The lowest BCUT2D eigenvalue weighted by Gasteiger charge is -2.12. The van der Waals surface area contributed by atoms with Crippen LogP contribution in [0.5, 0.6) is 11.5 Å². The van der Waals surface area contributed by atoms with Crippen LogP contribution < -0.4 is 10.1 Å². The van der Waals surface area contributed by atoms with E-state index in [0.29, 0.717) is 23.6 Å². The number of benzene rings is 3. The number of amides is 1. The van der Waals surface area contributed by atoms with Crippen molar-refractivity contribution >= 4 is 16.8 Å². The van der Waals surface area contributed by atoms with Crippen molar-refractivity contribution in [2.75, 3.05) is 6.54 Å². The average Bonchev–Trinajstić information content (AvgIpc) is 3.15. The first-order valence-corrected chi connectivity index (χ1v) is 9.45. The van der Waals surface area contributed by atoms with Crippen molar-refractivity contribution in [3.05, 3.63) is 96.7 Å². The molecule has 3 aromatic carbocycles. The van der Waals surface area contributed by atoms with Crippen molar-refractivity contribution in [1.82, 2.24) is 9.88 Å². The van der Waals surface area contributed by atoms with E-state index in [4.69, 9.17) is 4.74 Å². The summed E-state index contributed by atoms with van der Waals surface area (Å²) in [6.45, 7) is 1.46. The summed E-state index contributed by atoms with van der Waals surface area (Å²) < 4.78 is 8.10. The van der Waals surface area contributed by atoms with Gasteiger partial charge in [-0.25, -0.2) is 0 Å². The summed E-state index contributed by atoms with van der Waals surface area (Å²) in [5, 5.41) is 4.24.